The zero-order chi connectivity index (χ0) is 20.8. The summed E-state index contributed by atoms with van der Waals surface area (Å²) in [5, 5.41) is 10.5. The van der Waals surface area contributed by atoms with Gasteiger partial charge in [-0.3, -0.25) is 4.90 Å². The number of rotatable bonds is 5. The number of ether oxygens (including phenoxy) is 1. The summed E-state index contributed by atoms with van der Waals surface area (Å²) in [6.45, 7) is 15.0. The third-order valence-corrected chi connectivity index (χ3v) is 8.15. The van der Waals surface area contributed by atoms with Gasteiger partial charge in [-0.2, -0.15) is 0 Å². The SMILES string of the molecule is Cc1cccc(C)c1COCCN1CC[C@@]2(C)c3cccc(O)c3C[C@@H]1C2(C)C.Cl.Cl. The molecule has 1 N–H and O–H groups in total. The highest BCUT2D eigenvalue weighted by molar-refractivity contribution is 5.85. The molecule has 5 heteroatoms. The molecular weight excluding hydrogens is 429 g/mol. The molecule has 31 heavy (non-hydrogen) atoms. The van der Waals surface area contributed by atoms with Crippen molar-refractivity contribution < 1.29 is 9.84 Å². The number of piperidine rings is 1. The molecule has 0 aromatic heterocycles. The third kappa shape index (κ3) is 4.35. The molecule has 2 atom stereocenters. The second kappa shape index (κ2) is 9.70. The van der Waals surface area contributed by atoms with E-state index in [0.717, 1.165) is 38.1 Å². The van der Waals surface area contributed by atoms with Crippen LogP contribution in [0, 0.1) is 19.3 Å². The third-order valence-electron chi connectivity index (χ3n) is 8.15. The second-order valence-electron chi connectivity index (χ2n) is 9.79. The zero-order valence-corrected chi connectivity index (χ0v) is 21.0. The van der Waals surface area contributed by atoms with Gasteiger partial charge in [0.15, 0.2) is 0 Å². The average Bonchev–Trinajstić information content (AvgIpc) is 2.66. The molecule has 0 radical (unpaired) electrons. The Morgan fingerprint density at radius 2 is 1.68 bits per heavy atom. The predicted octanol–water partition coefficient (Wildman–Crippen LogP) is 5.98. The Kier molecular flexibility index (Phi) is 8.14. The summed E-state index contributed by atoms with van der Waals surface area (Å²) in [7, 11) is 0. The normalized spacial score (nSPS) is 24.0. The molecule has 2 aromatic carbocycles. The lowest BCUT2D eigenvalue weighted by atomic mass is 9.51. The van der Waals surface area contributed by atoms with Gasteiger partial charge in [0.05, 0.1) is 13.2 Å². The lowest BCUT2D eigenvalue weighted by Gasteiger charge is -2.61. The van der Waals surface area contributed by atoms with Gasteiger partial charge in [-0.1, -0.05) is 51.1 Å². The van der Waals surface area contributed by atoms with Crippen molar-refractivity contribution in [3.8, 4) is 5.75 Å². The fourth-order valence-corrected chi connectivity index (χ4v) is 5.74. The van der Waals surface area contributed by atoms with Gasteiger partial charge >= 0.3 is 0 Å². The van der Waals surface area contributed by atoms with Crippen molar-refractivity contribution in [1.29, 1.82) is 0 Å². The first kappa shape index (κ1) is 26.0. The molecule has 0 spiro atoms. The molecule has 1 aliphatic heterocycles. The number of phenols is 1. The maximum Gasteiger partial charge on any atom is 0.119 e. The summed E-state index contributed by atoms with van der Waals surface area (Å²) in [5.41, 5.74) is 6.68. The molecule has 2 bridgehead atoms. The van der Waals surface area contributed by atoms with Gasteiger partial charge in [0, 0.05) is 18.0 Å². The van der Waals surface area contributed by atoms with Crippen LogP contribution in [0.4, 0.5) is 0 Å². The van der Waals surface area contributed by atoms with Crippen molar-refractivity contribution in [3.63, 3.8) is 0 Å². The van der Waals surface area contributed by atoms with E-state index >= 15 is 0 Å². The Morgan fingerprint density at radius 1 is 1.03 bits per heavy atom. The largest absolute Gasteiger partial charge is 0.508 e. The lowest BCUT2D eigenvalue weighted by Crippen LogP contribution is -2.64. The highest BCUT2D eigenvalue weighted by atomic mass is 35.5. The Bertz CT molecular complexity index is 894. The van der Waals surface area contributed by atoms with E-state index < -0.39 is 0 Å². The smallest absolute Gasteiger partial charge is 0.119 e. The van der Waals surface area contributed by atoms with E-state index in [4.69, 9.17) is 4.74 Å². The Labute approximate surface area is 200 Å². The predicted molar refractivity (Wildman–Crippen MR) is 133 cm³/mol. The van der Waals surface area contributed by atoms with Crippen molar-refractivity contribution in [2.24, 2.45) is 5.41 Å². The van der Waals surface area contributed by atoms with Gasteiger partial charge in [0.1, 0.15) is 5.75 Å². The van der Waals surface area contributed by atoms with E-state index in [0.29, 0.717) is 18.4 Å². The first-order valence-electron chi connectivity index (χ1n) is 10.9. The number of hydrogen-bond donors (Lipinski definition) is 1. The van der Waals surface area contributed by atoms with Crippen LogP contribution in [0.5, 0.6) is 5.75 Å². The number of nitrogens with zero attached hydrogens (tertiary/aromatic N) is 1. The minimum Gasteiger partial charge on any atom is -0.508 e. The van der Waals surface area contributed by atoms with Crippen molar-refractivity contribution in [3.05, 3.63) is 64.2 Å². The molecule has 0 saturated carbocycles. The highest BCUT2D eigenvalue weighted by Crippen LogP contribution is 2.57. The van der Waals surface area contributed by atoms with Crippen LogP contribution in [0.15, 0.2) is 36.4 Å². The minimum absolute atomic E-state index is 0. The monoisotopic (exact) mass is 465 g/mol. The van der Waals surface area contributed by atoms with E-state index in [1.165, 1.54) is 22.3 Å². The topological polar surface area (TPSA) is 32.7 Å². The van der Waals surface area contributed by atoms with Crippen LogP contribution in [0.25, 0.3) is 0 Å². The summed E-state index contributed by atoms with van der Waals surface area (Å²) in [4.78, 5) is 2.60. The van der Waals surface area contributed by atoms with Crippen molar-refractivity contribution in [1.82, 2.24) is 4.90 Å². The summed E-state index contributed by atoms with van der Waals surface area (Å²) in [6, 6.07) is 12.9. The number of phenolic OH excluding ortho intramolecular Hbond substituents is 1. The van der Waals surface area contributed by atoms with E-state index in [9.17, 15) is 5.11 Å². The number of halogens is 2. The molecule has 1 saturated heterocycles. The zero-order valence-electron chi connectivity index (χ0n) is 19.4. The molecule has 4 rings (SSSR count). The summed E-state index contributed by atoms with van der Waals surface area (Å²) < 4.78 is 6.12. The van der Waals surface area contributed by atoms with Crippen LogP contribution >= 0.6 is 24.8 Å². The maximum absolute atomic E-state index is 10.5. The van der Waals surface area contributed by atoms with Crippen molar-refractivity contribution in [2.45, 2.75) is 65.5 Å². The number of aromatic hydroxyl groups is 1. The van der Waals surface area contributed by atoms with E-state index in [1.807, 2.05) is 12.1 Å². The highest BCUT2D eigenvalue weighted by Gasteiger charge is 2.56. The number of benzene rings is 2. The minimum atomic E-state index is 0. The number of hydrogen-bond acceptors (Lipinski definition) is 3. The van der Waals surface area contributed by atoms with Crippen LogP contribution in [-0.2, 0) is 23.2 Å². The van der Waals surface area contributed by atoms with Crippen molar-refractivity contribution >= 4 is 24.8 Å². The van der Waals surface area contributed by atoms with Gasteiger partial charge in [-0.05, 0) is 72.5 Å². The molecule has 0 unspecified atom stereocenters. The standard InChI is InChI=1S/C26H35NO2.2ClH/c1-18-8-6-9-19(2)21(18)17-29-15-14-27-13-12-26(5)22-10-7-11-23(28)20(22)16-24(27)25(26,3)4;;/h6-11,24,28H,12-17H2,1-5H3;2*1H/t24-,26+;;/m1../s1. The summed E-state index contributed by atoms with van der Waals surface area (Å²) >= 11 is 0. The first-order valence-corrected chi connectivity index (χ1v) is 10.9. The van der Waals surface area contributed by atoms with Gasteiger partial charge < -0.3 is 9.84 Å². The molecule has 1 fully saturated rings. The van der Waals surface area contributed by atoms with E-state index in [1.54, 1.807) is 0 Å². The average molecular weight is 466 g/mol. The fourth-order valence-electron chi connectivity index (χ4n) is 5.74. The van der Waals surface area contributed by atoms with E-state index in [-0.39, 0.29) is 35.6 Å². The van der Waals surface area contributed by atoms with Gasteiger partial charge in [0.25, 0.3) is 0 Å². The van der Waals surface area contributed by atoms with Crippen LogP contribution in [-0.4, -0.2) is 35.7 Å². The van der Waals surface area contributed by atoms with Crippen LogP contribution in [0.1, 0.15) is 55.0 Å². The second-order valence-corrected chi connectivity index (χ2v) is 9.79. The first-order chi connectivity index (χ1) is 13.8. The maximum atomic E-state index is 10.5. The summed E-state index contributed by atoms with van der Waals surface area (Å²) in [5.74, 6) is 0.461. The molecular formula is C26H37Cl2NO2. The quantitative estimate of drug-likeness (QED) is 0.550. The molecule has 1 aliphatic carbocycles. The fraction of sp³-hybridized carbons (Fsp3) is 0.538. The Hall–Kier alpha value is -1.26. The van der Waals surface area contributed by atoms with Crippen LogP contribution in [0.3, 0.4) is 0 Å². The van der Waals surface area contributed by atoms with E-state index in [2.05, 4.69) is 63.8 Å². The number of fused-ring (bicyclic) bond motifs is 4. The van der Waals surface area contributed by atoms with Crippen LogP contribution < -0.4 is 0 Å². The van der Waals surface area contributed by atoms with Crippen molar-refractivity contribution in [2.75, 3.05) is 19.7 Å². The molecule has 172 valence electrons. The van der Waals surface area contributed by atoms with Gasteiger partial charge in [0.2, 0.25) is 0 Å². The number of aryl methyl sites for hydroxylation is 2. The number of likely N-dealkylation sites (tertiary alicyclic amines) is 1. The Balaban J connectivity index is 0.00000171. The summed E-state index contributed by atoms with van der Waals surface area (Å²) in [6.07, 6.45) is 2.03. The molecule has 1 heterocycles. The lowest BCUT2D eigenvalue weighted by molar-refractivity contribution is -0.0497. The molecule has 2 aliphatic rings. The van der Waals surface area contributed by atoms with Gasteiger partial charge in [-0.25, -0.2) is 0 Å². The Morgan fingerprint density at radius 3 is 2.35 bits per heavy atom. The van der Waals surface area contributed by atoms with Crippen LogP contribution in [0.2, 0.25) is 0 Å². The molecule has 2 aromatic rings. The molecule has 3 nitrogen and oxygen atoms in total. The van der Waals surface area contributed by atoms with Gasteiger partial charge in [-0.15, -0.1) is 24.8 Å². The molecule has 0 amide bonds.